The number of methoxy groups -OCH3 is 1. The van der Waals surface area contributed by atoms with Gasteiger partial charge >= 0.3 is 0 Å². The number of benzene rings is 1. The van der Waals surface area contributed by atoms with Gasteiger partial charge in [-0.15, -0.1) is 12.4 Å². The van der Waals surface area contributed by atoms with E-state index in [4.69, 9.17) is 10.5 Å². The number of halogens is 1. The summed E-state index contributed by atoms with van der Waals surface area (Å²) in [5.74, 6) is 0. The maximum absolute atomic E-state index is 5.51. The van der Waals surface area contributed by atoms with Crippen LogP contribution in [0.4, 0.5) is 0 Å². The summed E-state index contributed by atoms with van der Waals surface area (Å²) in [7, 11) is 1.69. The lowest BCUT2D eigenvalue weighted by molar-refractivity contribution is 0.110. The van der Waals surface area contributed by atoms with Gasteiger partial charge < -0.3 is 10.5 Å². The van der Waals surface area contributed by atoms with Crippen molar-refractivity contribution in [3.63, 3.8) is 0 Å². The monoisotopic (exact) mass is 201 g/mol. The van der Waals surface area contributed by atoms with Gasteiger partial charge in [-0.1, -0.05) is 30.3 Å². The number of hydrogen-bond acceptors (Lipinski definition) is 2. The second-order valence-electron chi connectivity index (χ2n) is 2.78. The zero-order chi connectivity index (χ0) is 8.81. The molecule has 0 amide bonds. The van der Waals surface area contributed by atoms with Crippen LogP contribution in [0, 0.1) is 0 Å². The predicted octanol–water partition coefficient (Wildman–Crippen LogP) is 1.62. The van der Waals surface area contributed by atoms with E-state index >= 15 is 0 Å². The second-order valence-corrected chi connectivity index (χ2v) is 2.78. The van der Waals surface area contributed by atoms with Crippen LogP contribution in [0.25, 0.3) is 0 Å². The lowest BCUT2D eigenvalue weighted by atomic mass is 10.1. The van der Waals surface area contributed by atoms with Crippen molar-refractivity contribution in [3.05, 3.63) is 35.9 Å². The Balaban J connectivity index is 0.00000144. The summed E-state index contributed by atoms with van der Waals surface area (Å²) < 4.78 is 5.18. The van der Waals surface area contributed by atoms with E-state index < -0.39 is 0 Å². The zero-order valence-electron chi connectivity index (χ0n) is 7.77. The Kier molecular flexibility index (Phi) is 6.59. The van der Waals surface area contributed by atoms with Crippen molar-refractivity contribution < 1.29 is 4.74 Å². The minimum atomic E-state index is 0. The van der Waals surface area contributed by atoms with E-state index in [1.807, 2.05) is 18.2 Å². The van der Waals surface area contributed by atoms with E-state index in [9.17, 15) is 0 Å². The molecule has 2 nitrogen and oxygen atoms in total. The fourth-order valence-corrected chi connectivity index (χ4v) is 1.14. The highest BCUT2D eigenvalue weighted by Crippen LogP contribution is 2.03. The van der Waals surface area contributed by atoms with E-state index in [2.05, 4.69) is 12.1 Å². The quantitative estimate of drug-likeness (QED) is 0.804. The van der Waals surface area contributed by atoms with E-state index in [0.717, 1.165) is 6.42 Å². The Morgan fingerprint density at radius 1 is 1.31 bits per heavy atom. The average molecular weight is 202 g/mol. The molecule has 1 aromatic carbocycles. The van der Waals surface area contributed by atoms with Crippen LogP contribution in [0.1, 0.15) is 5.56 Å². The summed E-state index contributed by atoms with van der Waals surface area (Å²) in [4.78, 5) is 0. The van der Waals surface area contributed by atoms with Crippen molar-refractivity contribution in [3.8, 4) is 0 Å². The molecule has 1 atom stereocenters. The maximum atomic E-state index is 5.51. The fraction of sp³-hybridized carbons (Fsp3) is 0.400. The average Bonchev–Trinajstić information content (AvgIpc) is 2.16. The lowest BCUT2D eigenvalue weighted by Crippen LogP contribution is -2.24. The summed E-state index contributed by atoms with van der Waals surface area (Å²) in [6.45, 7) is 0.575. The summed E-state index contributed by atoms with van der Waals surface area (Å²) >= 11 is 0. The molecule has 0 spiro atoms. The molecule has 0 aliphatic carbocycles. The smallest absolute Gasteiger partial charge is 0.0733 e. The van der Waals surface area contributed by atoms with Crippen LogP contribution in [-0.4, -0.2) is 19.8 Å². The predicted molar refractivity (Wildman–Crippen MR) is 57.2 cm³/mol. The standard InChI is InChI=1S/C10H15NO.ClH/c1-12-10(8-11)7-9-5-3-2-4-6-9;/h2-6,10H,7-8,11H2,1H3;1H. The largest absolute Gasteiger partial charge is 0.380 e. The van der Waals surface area contributed by atoms with E-state index in [0.29, 0.717) is 6.54 Å². The van der Waals surface area contributed by atoms with E-state index in [1.165, 1.54) is 5.56 Å². The Labute approximate surface area is 85.5 Å². The minimum Gasteiger partial charge on any atom is -0.380 e. The van der Waals surface area contributed by atoms with Crippen LogP contribution in [0.3, 0.4) is 0 Å². The number of nitrogens with two attached hydrogens (primary N) is 1. The minimum absolute atomic E-state index is 0. The van der Waals surface area contributed by atoms with Gasteiger partial charge in [-0.2, -0.15) is 0 Å². The van der Waals surface area contributed by atoms with Crippen LogP contribution >= 0.6 is 12.4 Å². The molecule has 74 valence electrons. The van der Waals surface area contributed by atoms with Gasteiger partial charge in [0.25, 0.3) is 0 Å². The first-order chi connectivity index (χ1) is 5.86. The number of ether oxygens (including phenoxy) is 1. The molecule has 13 heavy (non-hydrogen) atoms. The summed E-state index contributed by atoms with van der Waals surface area (Å²) in [5.41, 5.74) is 6.78. The SMILES string of the molecule is COC(CN)Cc1ccccc1.Cl. The zero-order valence-corrected chi connectivity index (χ0v) is 8.59. The van der Waals surface area contributed by atoms with Gasteiger partial charge in [0.05, 0.1) is 6.10 Å². The molecule has 0 saturated carbocycles. The Morgan fingerprint density at radius 2 is 1.92 bits per heavy atom. The molecular formula is C10H16ClNO. The summed E-state index contributed by atoms with van der Waals surface area (Å²) in [5, 5.41) is 0. The van der Waals surface area contributed by atoms with Crippen molar-refractivity contribution in [2.75, 3.05) is 13.7 Å². The molecule has 0 aromatic heterocycles. The number of rotatable bonds is 4. The molecule has 3 heteroatoms. The molecule has 0 bridgehead atoms. The van der Waals surface area contributed by atoms with Crippen molar-refractivity contribution in [2.45, 2.75) is 12.5 Å². The van der Waals surface area contributed by atoms with Gasteiger partial charge in [0.1, 0.15) is 0 Å². The first-order valence-electron chi connectivity index (χ1n) is 4.13. The Morgan fingerprint density at radius 3 is 2.38 bits per heavy atom. The van der Waals surface area contributed by atoms with Crippen LogP contribution in [0.2, 0.25) is 0 Å². The van der Waals surface area contributed by atoms with E-state index in [1.54, 1.807) is 7.11 Å². The third kappa shape index (κ3) is 4.27. The summed E-state index contributed by atoms with van der Waals surface area (Å²) in [6, 6.07) is 10.2. The molecule has 0 radical (unpaired) electrons. The first-order valence-corrected chi connectivity index (χ1v) is 4.13. The molecule has 0 aliphatic rings. The molecule has 2 N–H and O–H groups in total. The van der Waals surface area contributed by atoms with Crippen molar-refractivity contribution in [1.82, 2.24) is 0 Å². The number of hydrogen-bond donors (Lipinski definition) is 1. The van der Waals surface area contributed by atoms with Gasteiger partial charge in [0, 0.05) is 13.7 Å². The molecule has 1 unspecified atom stereocenters. The first kappa shape index (κ1) is 12.4. The molecule has 0 saturated heterocycles. The molecule has 0 heterocycles. The lowest BCUT2D eigenvalue weighted by Gasteiger charge is -2.11. The third-order valence-electron chi connectivity index (χ3n) is 1.90. The van der Waals surface area contributed by atoms with E-state index in [-0.39, 0.29) is 18.5 Å². The van der Waals surface area contributed by atoms with Gasteiger partial charge in [-0.3, -0.25) is 0 Å². The third-order valence-corrected chi connectivity index (χ3v) is 1.90. The van der Waals surface area contributed by atoms with Crippen LogP contribution in [0.15, 0.2) is 30.3 Å². The van der Waals surface area contributed by atoms with Crippen molar-refractivity contribution in [1.29, 1.82) is 0 Å². The Bertz CT molecular complexity index is 211. The van der Waals surface area contributed by atoms with Crippen molar-refractivity contribution >= 4 is 12.4 Å². The second kappa shape index (κ2) is 6.89. The molecule has 0 fully saturated rings. The highest BCUT2D eigenvalue weighted by Gasteiger charge is 2.04. The highest BCUT2D eigenvalue weighted by molar-refractivity contribution is 5.85. The molecule has 1 aromatic rings. The molecule has 0 aliphatic heterocycles. The highest BCUT2D eigenvalue weighted by atomic mass is 35.5. The van der Waals surface area contributed by atoms with Gasteiger partial charge in [0.2, 0.25) is 0 Å². The fourth-order valence-electron chi connectivity index (χ4n) is 1.14. The van der Waals surface area contributed by atoms with Crippen LogP contribution < -0.4 is 5.73 Å². The van der Waals surface area contributed by atoms with Crippen molar-refractivity contribution in [2.24, 2.45) is 5.73 Å². The molecular weight excluding hydrogens is 186 g/mol. The van der Waals surface area contributed by atoms with Gasteiger partial charge in [0.15, 0.2) is 0 Å². The molecule has 1 rings (SSSR count). The summed E-state index contributed by atoms with van der Waals surface area (Å²) in [6.07, 6.45) is 1.04. The maximum Gasteiger partial charge on any atom is 0.0733 e. The van der Waals surface area contributed by atoms with Crippen LogP contribution in [-0.2, 0) is 11.2 Å². The normalized spacial score (nSPS) is 11.8. The van der Waals surface area contributed by atoms with Crippen LogP contribution in [0.5, 0.6) is 0 Å². The topological polar surface area (TPSA) is 35.2 Å². The Hall–Kier alpha value is -0.570. The van der Waals surface area contributed by atoms with Gasteiger partial charge in [-0.05, 0) is 12.0 Å². The van der Waals surface area contributed by atoms with Gasteiger partial charge in [-0.25, -0.2) is 0 Å².